The Morgan fingerprint density at radius 3 is 2.53 bits per heavy atom. The van der Waals surface area contributed by atoms with Gasteiger partial charge >= 0.3 is 0 Å². The maximum atomic E-state index is 5.92. The topological polar surface area (TPSA) is 41.6 Å². The van der Waals surface area contributed by atoms with Crippen LogP contribution in [0.15, 0.2) is 41.9 Å². The van der Waals surface area contributed by atoms with Gasteiger partial charge in [0.25, 0.3) is 0 Å². The summed E-state index contributed by atoms with van der Waals surface area (Å²) in [7, 11) is 0. The van der Waals surface area contributed by atoms with Gasteiger partial charge in [-0.3, -0.25) is 4.99 Å². The smallest absolute Gasteiger partial charge is 0.192 e. The first-order chi connectivity index (χ1) is 8.93. The second-order valence-electron chi connectivity index (χ2n) is 6.03. The largest absolute Gasteiger partial charge is 0.370 e. The monoisotopic (exact) mass is 257 g/mol. The van der Waals surface area contributed by atoms with E-state index in [1.807, 2.05) is 6.08 Å². The number of guanidine groups is 1. The van der Waals surface area contributed by atoms with E-state index in [2.05, 4.69) is 61.5 Å². The number of benzene rings is 1. The summed E-state index contributed by atoms with van der Waals surface area (Å²) in [4.78, 5) is 6.43. The van der Waals surface area contributed by atoms with Crippen molar-refractivity contribution in [1.82, 2.24) is 4.90 Å². The van der Waals surface area contributed by atoms with E-state index in [-0.39, 0.29) is 11.5 Å². The van der Waals surface area contributed by atoms with Crippen LogP contribution in [0.5, 0.6) is 0 Å². The van der Waals surface area contributed by atoms with E-state index in [9.17, 15) is 0 Å². The Morgan fingerprint density at radius 2 is 2.00 bits per heavy atom. The molecular weight excluding hydrogens is 234 g/mol. The van der Waals surface area contributed by atoms with Crippen LogP contribution < -0.4 is 5.73 Å². The van der Waals surface area contributed by atoms with Crippen LogP contribution in [-0.4, -0.2) is 23.9 Å². The van der Waals surface area contributed by atoms with E-state index >= 15 is 0 Å². The van der Waals surface area contributed by atoms with Crippen LogP contribution in [0, 0.1) is 0 Å². The zero-order valence-electron chi connectivity index (χ0n) is 12.1. The maximum Gasteiger partial charge on any atom is 0.192 e. The molecule has 0 saturated heterocycles. The van der Waals surface area contributed by atoms with Crippen LogP contribution in [0.2, 0.25) is 0 Å². The predicted octanol–water partition coefficient (Wildman–Crippen LogP) is 2.84. The number of rotatable bonds is 3. The fourth-order valence-corrected chi connectivity index (χ4v) is 2.38. The molecule has 0 amide bonds. The highest BCUT2D eigenvalue weighted by Crippen LogP contribution is 2.28. The Kier molecular flexibility index (Phi) is 3.65. The van der Waals surface area contributed by atoms with Crippen molar-refractivity contribution in [1.29, 1.82) is 0 Å². The first-order valence-electron chi connectivity index (χ1n) is 6.71. The number of aliphatic imine (C=N–C) groups is 1. The Hall–Kier alpha value is -1.77. The molecule has 1 aromatic rings. The molecule has 0 bridgehead atoms. The molecule has 1 aromatic carbocycles. The molecular formula is C16H23N3. The van der Waals surface area contributed by atoms with Crippen molar-refractivity contribution in [3.8, 4) is 0 Å². The lowest BCUT2D eigenvalue weighted by atomic mass is 9.86. The molecule has 0 aliphatic carbocycles. The highest BCUT2D eigenvalue weighted by molar-refractivity contribution is 5.80. The molecule has 0 saturated carbocycles. The fourth-order valence-electron chi connectivity index (χ4n) is 2.38. The van der Waals surface area contributed by atoms with Gasteiger partial charge in [0.15, 0.2) is 5.96 Å². The molecule has 1 aliphatic rings. The number of hydrogen-bond donors (Lipinski definition) is 1. The Labute approximate surface area is 115 Å². The highest BCUT2D eigenvalue weighted by atomic mass is 15.3. The third kappa shape index (κ3) is 2.80. The first kappa shape index (κ1) is 13.7. The van der Waals surface area contributed by atoms with Gasteiger partial charge in [-0.2, -0.15) is 0 Å². The molecule has 0 spiro atoms. The van der Waals surface area contributed by atoms with Crippen molar-refractivity contribution >= 4 is 5.96 Å². The molecule has 1 heterocycles. The van der Waals surface area contributed by atoms with Crippen molar-refractivity contribution in [3.05, 3.63) is 48.0 Å². The molecule has 2 N–H and O–H groups in total. The normalized spacial score (nSPS) is 19.4. The van der Waals surface area contributed by atoms with E-state index in [0.717, 1.165) is 13.1 Å². The molecule has 0 fully saturated rings. The minimum absolute atomic E-state index is 0.185. The summed E-state index contributed by atoms with van der Waals surface area (Å²) in [5.41, 5.74) is 8.71. The molecule has 19 heavy (non-hydrogen) atoms. The first-order valence-corrected chi connectivity index (χ1v) is 6.71. The quantitative estimate of drug-likeness (QED) is 0.846. The molecule has 0 radical (unpaired) electrons. The van der Waals surface area contributed by atoms with Gasteiger partial charge in [-0.25, -0.2) is 0 Å². The highest BCUT2D eigenvalue weighted by Gasteiger charge is 2.26. The van der Waals surface area contributed by atoms with E-state index in [1.54, 1.807) is 0 Å². The summed E-state index contributed by atoms with van der Waals surface area (Å²) in [6.45, 7) is 11.9. The Balaban J connectivity index is 2.21. The fraction of sp³-hybridized carbons (Fsp3) is 0.438. The van der Waals surface area contributed by atoms with Crippen LogP contribution in [0.1, 0.15) is 37.9 Å². The summed E-state index contributed by atoms with van der Waals surface area (Å²) in [6.07, 6.45) is 1.87. The second-order valence-corrected chi connectivity index (χ2v) is 6.03. The van der Waals surface area contributed by atoms with Gasteiger partial charge in [-0.15, -0.1) is 6.58 Å². The summed E-state index contributed by atoms with van der Waals surface area (Å²) >= 11 is 0. The predicted molar refractivity (Wildman–Crippen MR) is 81.3 cm³/mol. The van der Waals surface area contributed by atoms with Gasteiger partial charge in [-0.1, -0.05) is 51.1 Å². The summed E-state index contributed by atoms with van der Waals surface area (Å²) in [6, 6.07) is 9.03. The van der Waals surface area contributed by atoms with E-state index in [4.69, 9.17) is 5.73 Å². The third-order valence-corrected chi connectivity index (χ3v) is 3.58. The molecule has 0 aromatic heterocycles. The maximum absolute atomic E-state index is 5.92. The Bertz CT molecular complexity index is 480. The van der Waals surface area contributed by atoms with Crippen molar-refractivity contribution in [2.75, 3.05) is 13.1 Å². The van der Waals surface area contributed by atoms with Crippen LogP contribution in [-0.2, 0) is 5.41 Å². The molecule has 102 valence electrons. The summed E-state index contributed by atoms with van der Waals surface area (Å²) in [5, 5.41) is 0. The SMILES string of the molecule is C=CCN1C(N)=NCC1c1ccc(C(C)(C)C)cc1. The number of hydrogen-bond acceptors (Lipinski definition) is 3. The lowest BCUT2D eigenvalue weighted by molar-refractivity contribution is 0.380. The lowest BCUT2D eigenvalue weighted by Gasteiger charge is -2.26. The van der Waals surface area contributed by atoms with Gasteiger partial charge in [0.1, 0.15) is 0 Å². The zero-order valence-corrected chi connectivity index (χ0v) is 12.1. The lowest BCUT2D eigenvalue weighted by Crippen LogP contribution is -2.36. The van der Waals surface area contributed by atoms with Crippen molar-refractivity contribution < 1.29 is 0 Å². The van der Waals surface area contributed by atoms with E-state index < -0.39 is 0 Å². The van der Waals surface area contributed by atoms with E-state index in [0.29, 0.717) is 5.96 Å². The van der Waals surface area contributed by atoms with Crippen LogP contribution in [0.25, 0.3) is 0 Å². The van der Waals surface area contributed by atoms with Crippen molar-refractivity contribution in [3.63, 3.8) is 0 Å². The number of nitrogens with two attached hydrogens (primary N) is 1. The minimum atomic E-state index is 0.185. The molecule has 1 unspecified atom stereocenters. The molecule has 2 rings (SSSR count). The van der Waals surface area contributed by atoms with Gasteiger partial charge in [0.2, 0.25) is 0 Å². The second kappa shape index (κ2) is 5.08. The van der Waals surface area contributed by atoms with Crippen molar-refractivity contribution in [2.24, 2.45) is 10.7 Å². The van der Waals surface area contributed by atoms with Crippen LogP contribution >= 0.6 is 0 Å². The van der Waals surface area contributed by atoms with E-state index in [1.165, 1.54) is 11.1 Å². The zero-order chi connectivity index (χ0) is 14.0. The molecule has 1 aliphatic heterocycles. The van der Waals surface area contributed by atoms with Crippen LogP contribution in [0.3, 0.4) is 0 Å². The molecule has 3 nitrogen and oxygen atoms in total. The van der Waals surface area contributed by atoms with Gasteiger partial charge < -0.3 is 10.6 Å². The minimum Gasteiger partial charge on any atom is -0.370 e. The summed E-state index contributed by atoms with van der Waals surface area (Å²) < 4.78 is 0. The average Bonchev–Trinajstić information content (AvgIpc) is 2.71. The standard InChI is InChI=1S/C16H23N3/c1-5-10-19-14(11-18-15(19)17)12-6-8-13(9-7-12)16(2,3)4/h5-9,14H,1,10-11H2,2-4H3,(H2,17,18). The third-order valence-electron chi connectivity index (χ3n) is 3.58. The number of nitrogens with zero attached hydrogens (tertiary/aromatic N) is 2. The average molecular weight is 257 g/mol. The van der Waals surface area contributed by atoms with Crippen LogP contribution in [0.4, 0.5) is 0 Å². The Morgan fingerprint density at radius 1 is 1.37 bits per heavy atom. The van der Waals surface area contributed by atoms with Gasteiger partial charge in [-0.05, 0) is 16.5 Å². The molecule has 1 atom stereocenters. The van der Waals surface area contributed by atoms with Crippen molar-refractivity contribution in [2.45, 2.75) is 32.2 Å². The summed E-state index contributed by atoms with van der Waals surface area (Å²) in [5.74, 6) is 0.616. The van der Waals surface area contributed by atoms with Gasteiger partial charge in [0, 0.05) is 6.54 Å². The molecule has 3 heteroatoms. The van der Waals surface area contributed by atoms with Gasteiger partial charge in [0.05, 0.1) is 12.6 Å².